The molecule has 0 amide bonds. The quantitative estimate of drug-likeness (QED) is 0.561. The van der Waals surface area contributed by atoms with Crippen molar-refractivity contribution in [1.82, 2.24) is 0 Å². The summed E-state index contributed by atoms with van der Waals surface area (Å²) in [6.07, 6.45) is 7.91. The van der Waals surface area contributed by atoms with Crippen LogP contribution in [0.5, 0.6) is 0 Å². The summed E-state index contributed by atoms with van der Waals surface area (Å²) in [6.45, 7) is 4.28. The molecule has 112 valence electrons. The van der Waals surface area contributed by atoms with Crippen LogP contribution in [0.25, 0.3) is 0 Å². The highest BCUT2D eigenvalue weighted by molar-refractivity contribution is 5.66. The molecule has 0 fully saturated rings. The Kier molecular flexibility index (Phi) is 9.27. The molecule has 0 bridgehead atoms. The summed E-state index contributed by atoms with van der Waals surface area (Å²) >= 11 is 0. The van der Waals surface area contributed by atoms with E-state index < -0.39 is 11.9 Å². The van der Waals surface area contributed by atoms with Crippen molar-refractivity contribution in [3.05, 3.63) is 0 Å². The molecule has 0 saturated carbocycles. The minimum absolute atomic E-state index is 0.147. The van der Waals surface area contributed by atoms with E-state index in [0.29, 0.717) is 12.8 Å². The third-order valence-corrected chi connectivity index (χ3v) is 3.76. The number of carboxylic acids is 2. The molecule has 0 aliphatic heterocycles. The van der Waals surface area contributed by atoms with Crippen LogP contribution >= 0.6 is 0 Å². The molecule has 0 aromatic rings. The summed E-state index contributed by atoms with van der Waals surface area (Å²) in [7, 11) is 0. The molecule has 0 unspecified atom stereocenters. The standard InChI is InChI=1S/C15H28O4/c1-3-9-15(10-4-2,11-5-7-13(16)17)12-6-8-14(18)19/h3-12H2,1-2H3,(H,16,17)(H,18,19). The number of rotatable bonds is 12. The van der Waals surface area contributed by atoms with Gasteiger partial charge >= 0.3 is 11.9 Å². The maximum atomic E-state index is 10.6. The van der Waals surface area contributed by atoms with Crippen molar-refractivity contribution in [2.75, 3.05) is 0 Å². The molecule has 0 aliphatic carbocycles. The zero-order valence-corrected chi connectivity index (χ0v) is 12.3. The Bertz CT molecular complexity index is 245. The molecular formula is C15H28O4. The molecule has 0 aromatic carbocycles. The molecule has 0 spiro atoms. The van der Waals surface area contributed by atoms with E-state index in [-0.39, 0.29) is 18.3 Å². The van der Waals surface area contributed by atoms with Crippen LogP contribution in [0.2, 0.25) is 0 Å². The summed E-state index contributed by atoms with van der Waals surface area (Å²) < 4.78 is 0. The van der Waals surface area contributed by atoms with Gasteiger partial charge in [-0.2, -0.15) is 0 Å². The third kappa shape index (κ3) is 8.62. The van der Waals surface area contributed by atoms with E-state index in [0.717, 1.165) is 38.5 Å². The van der Waals surface area contributed by atoms with Crippen molar-refractivity contribution in [3.8, 4) is 0 Å². The first-order valence-electron chi connectivity index (χ1n) is 7.39. The van der Waals surface area contributed by atoms with Crippen LogP contribution < -0.4 is 0 Å². The molecule has 4 heteroatoms. The van der Waals surface area contributed by atoms with Crippen molar-refractivity contribution in [1.29, 1.82) is 0 Å². The van der Waals surface area contributed by atoms with Crippen LogP contribution in [0.15, 0.2) is 0 Å². The fraction of sp³-hybridized carbons (Fsp3) is 0.867. The van der Waals surface area contributed by atoms with E-state index in [2.05, 4.69) is 13.8 Å². The molecule has 2 N–H and O–H groups in total. The van der Waals surface area contributed by atoms with Gasteiger partial charge in [-0.1, -0.05) is 26.7 Å². The van der Waals surface area contributed by atoms with Gasteiger partial charge < -0.3 is 10.2 Å². The highest BCUT2D eigenvalue weighted by Gasteiger charge is 2.27. The lowest BCUT2D eigenvalue weighted by molar-refractivity contribution is -0.138. The van der Waals surface area contributed by atoms with Crippen molar-refractivity contribution in [3.63, 3.8) is 0 Å². The molecule has 4 nitrogen and oxygen atoms in total. The molecule has 0 radical (unpaired) electrons. The lowest BCUT2D eigenvalue weighted by atomic mass is 9.72. The SMILES string of the molecule is CCCC(CCC)(CCCC(=O)O)CCCC(=O)O. The summed E-state index contributed by atoms with van der Waals surface area (Å²) in [4.78, 5) is 21.3. The highest BCUT2D eigenvalue weighted by Crippen LogP contribution is 2.40. The second kappa shape index (κ2) is 9.82. The lowest BCUT2D eigenvalue weighted by Crippen LogP contribution is -2.21. The molecule has 0 rings (SSSR count). The number of carbonyl (C=O) groups is 2. The molecule has 0 heterocycles. The fourth-order valence-corrected chi connectivity index (χ4v) is 3.04. The van der Waals surface area contributed by atoms with Crippen molar-refractivity contribution >= 4 is 11.9 Å². The second-order valence-corrected chi connectivity index (χ2v) is 5.49. The maximum absolute atomic E-state index is 10.6. The molecular weight excluding hydrogens is 244 g/mol. The Morgan fingerprint density at radius 3 is 1.42 bits per heavy atom. The van der Waals surface area contributed by atoms with Gasteiger partial charge in [0.2, 0.25) is 0 Å². The molecule has 0 aliphatic rings. The Balaban J connectivity index is 4.46. The molecule has 0 atom stereocenters. The molecule has 19 heavy (non-hydrogen) atoms. The van der Waals surface area contributed by atoms with Crippen LogP contribution in [0.3, 0.4) is 0 Å². The van der Waals surface area contributed by atoms with Gasteiger partial charge in [-0.15, -0.1) is 0 Å². The van der Waals surface area contributed by atoms with Crippen LogP contribution in [-0.4, -0.2) is 22.2 Å². The van der Waals surface area contributed by atoms with E-state index in [1.54, 1.807) is 0 Å². The fourth-order valence-electron chi connectivity index (χ4n) is 3.04. The number of hydrogen-bond acceptors (Lipinski definition) is 2. The normalized spacial score (nSPS) is 11.5. The number of aliphatic carboxylic acids is 2. The zero-order valence-electron chi connectivity index (χ0n) is 12.3. The van der Waals surface area contributed by atoms with Crippen LogP contribution in [0.4, 0.5) is 0 Å². The van der Waals surface area contributed by atoms with E-state index in [1.165, 1.54) is 0 Å². The predicted molar refractivity (Wildman–Crippen MR) is 75.2 cm³/mol. The largest absolute Gasteiger partial charge is 0.481 e. The topological polar surface area (TPSA) is 74.6 Å². The monoisotopic (exact) mass is 272 g/mol. The van der Waals surface area contributed by atoms with Crippen molar-refractivity contribution in [2.45, 2.75) is 78.1 Å². The van der Waals surface area contributed by atoms with Gasteiger partial charge in [0.15, 0.2) is 0 Å². The van der Waals surface area contributed by atoms with E-state index >= 15 is 0 Å². The van der Waals surface area contributed by atoms with E-state index in [4.69, 9.17) is 10.2 Å². The van der Waals surface area contributed by atoms with E-state index in [1.807, 2.05) is 0 Å². The first-order valence-corrected chi connectivity index (χ1v) is 7.39. The zero-order chi connectivity index (χ0) is 14.7. The van der Waals surface area contributed by atoms with Gasteiger partial charge in [0.25, 0.3) is 0 Å². The van der Waals surface area contributed by atoms with Crippen LogP contribution in [0.1, 0.15) is 78.1 Å². The van der Waals surface area contributed by atoms with E-state index in [9.17, 15) is 9.59 Å². The summed E-state index contributed by atoms with van der Waals surface area (Å²) in [6, 6.07) is 0. The second-order valence-electron chi connectivity index (χ2n) is 5.49. The van der Waals surface area contributed by atoms with Gasteiger partial charge in [0, 0.05) is 12.8 Å². The van der Waals surface area contributed by atoms with Gasteiger partial charge in [0.05, 0.1) is 0 Å². The third-order valence-electron chi connectivity index (χ3n) is 3.76. The summed E-state index contributed by atoms with van der Waals surface area (Å²) in [5, 5.41) is 17.5. The molecule has 0 aromatic heterocycles. The van der Waals surface area contributed by atoms with Crippen molar-refractivity contribution in [2.24, 2.45) is 5.41 Å². The number of carboxylic acid groups (broad SMARTS) is 2. The average Bonchev–Trinajstić information content (AvgIpc) is 2.28. The maximum Gasteiger partial charge on any atom is 0.303 e. The summed E-state index contributed by atoms with van der Waals surface area (Å²) in [5.41, 5.74) is 0.147. The number of hydrogen-bond donors (Lipinski definition) is 2. The van der Waals surface area contributed by atoms with Gasteiger partial charge in [-0.25, -0.2) is 0 Å². The summed E-state index contributed by atoms with van der Waals surface area (Å²) in [5.74, 6) is -1.49. The average molecular weight is 272 g/mol. The predicted octanol–water partition coefficient (Wildman–Crippen LogP) is 4.08. The molecule has 0 saturated heterocycles. The minimum atomic E-state index is -0.743. The smallest absolute Gasteiger partial charge is 0.303 e. The van der Waals surface area contributed by atoms with Crippen LogP contribution in [0, 0.1) is 5.41 Å². The van der Waals surface area contributed by atoms with Gasteiger partial charge in [-0.05, 0) is 43.9 Å². The first-order chi connectivity index (χ1) is 8.95. The van der Waals surface area contributed by atoms with Crippen LogP contribution in [-0.2, 0) is 9.59 Å². The van der Waals surface area contributed by atoms with Gasteiger partial charge in [0.1, 0.15) is 0 Å². The van der Waals surface area contributed by atoms with Crippen molar-refractivity contribution < 1.29 is 19.8 Å². The van der Waals surface area contributed by atoms with Gasteiger partial charge in [-0.3, -0.25) is 9.59 Å². The Morgan fingerprint density at radius 2 is 1.16 bits per heavy atom. The minimum Gasteiger partial charge on any atom is -0.481 e. The Labute approximate surface area is 116 Å². The Hall–Kier alpha value is -1.06. The first kappa shape index (κ1) is 17.9. The highest BCUT2D eigenvalue weighted by atomic mass is 16.4. The lowest BCUT2D eigenvalue weighted by Gasteiger charge is -2.34. The Morgan fingerprint density at radius 1 is 0.789 bits per heavy atom.